The van der Waals surface area contributed by atoms with Crippen LogP contribution >= 0.6 is 0 Å². The van der Waals surface area contributed by atoms with Gasteiger partial charge in [0.1, 0.15) is 6.61 Å². The first-order valence-corrected chi connectivity index (χ1v) is 12.3. The minimum atomic E-state index is -0.985. The van der Waals surface area contributed by atoms with Crippen LogP contribution in [-0.2, 0) is 25.3 Å². The summed E-state index contributed by atoms with van der Waals surface area (Å²) in [4.78, 5) is 11.4. The summed E-state index contributed by atoms with van der Waals surface area (Å²) < 4.78 is 26.2. The average Bonchev–Trinajstić information content (AvgIpc) is 3.20. The minimum absolute atomic E-state index is 0.0295. The van der Waals surface area contributed by atoms with Gasteiger partial charge in [0.15, 0.2) is 5.78 Å². The number of rotatable bonds is 2. The Kier molecular flexibility index (Phi) is 7.38. The smallest absolute Gasteiger partial charge is 0.166 e. The normalized spacial score (nSPS) is 30.2. The zero-order valence-corrected chi connectivity index (χ0v) is 18.8. The largest absolute Gasteiger partial charge is 0.379 e. The first-order valence-electron chi connectivity index (χ1n) is 11.1. The number of carbonyl (C=O) groups is 1. The van der Waals surface area contributed by atoms with Crippen molar-refractivity contribution >= 4 is 16.8 Å². The van der Waals surface area contributed by atoms with Crippen molar-refractivity contribution < 1.29 is 18.5 Å². The molecular formula is C22H39NO4S. The lowest BCUT2D eigenvalue weighted by molar-refractivity contribution is -0.126. The number of nitrogens with one attached hydrogen (secondary N) is 1. The SMILES string of the molecule is CC(C)(C)[S@@](=O)N[C@@H]1COCC12CCCCC2.O=C1COCC12CCCCC2. The van der Waals surface area contributed by atoms with Crippen LogP contribution in [0.4, 0.5) is 0 Å². The van der Waals surface area contributed by atoms with E-state index in [4.69, 9.17) is 9.47 Å². The zero-order valence-electron chi connectivity index (χ0n) is 18.0. The molecule has 4 fully saturated rings. The highest BCUT2D eigenvalue weighted by Gasteiger charge is 2.46. The van der Waals surface area contributed by atoms with Gasteiger partial charge in [-0.2, -0.15) is 0 Å². The monoisotopic (exact) mass is 413 g/mol. The van der Waals surface area contributed by atoms with Crippen molar-refractivity contribution in [3.8, 4) is 0 Å². The van der Waals surface area contributed by atoms with Gasteiger partial charge in [0.25, 0.3) is 0 Å². The van der Waals surface area contributed by atoms with Crippen LogP contribution in [0.15, 0.2) is 0 Å². The molecule has 2 heterocycles. The number of ether oxygens (including phenoxy) is 2. The molecule has 0 bridgehead atoms. The van der Waals surface area contributed by atoms with E-state index in [1.54, 1.807) is 0 Å². The molecule has 0 radical (unpaired) electrons. The third-order valence-corrected chi connectivity index (χ3v) is 8.69. The van der Waals surface area contributed by atoms with Crippen LogP contribution < -0.4 is 4.72 Å². The number of hydrogen-bond acceptors (Lipinski definition) is 4. The summed E-state index contributed by atoms with van der Waals surface area (Å²) in [6, 6.07) is 0.280. The van der Waals surface area contributed by atoms with E-state index < -0.39 is 11.0 Å². The number of Topliss-reactive ketones (excluding diaryl/α,β-unsaturated/α-hetero) is 1. The molecule has 0 amide bonds. The number of carbonyl (C=O) groups excluding carboxylic acids is 1. The Morgan fingerprint density at radius 1 is 0.929 bits per heavy atom. The fourth-order valence-electron chi connectivity index (χ4n) is 5.10. The number of ketones is 1. The van der Waals surface area contributed by atoms with Crippen LogP contribution in [0.1, 0.15) is 85.0 Å². The Morgan fingerprint density at radius 3 is 2.07 bits per heavy atom. The summed E-state index contributed by atoms with van der Waals surface area (Å²) in [6.07, 6.45) is 12.3. The van der Waals surface area contributed by atoms with Crippen molar-refractivity contribution in [2.24, 2.45) is 10.8 Å². The Labute approximate surface area is 173 Å². The van der Waals surface area contributed by atoms with Gasteiger partial charge in [0.05, 0.1) is 47.0 Å². The predicted octanol–water partition coefficient (Wildman–Crippen LogP) is 3.92. The second kappa shape index (κ2) is 9.23. The molecule has 4 rings (SSSR count). The average molecular weight is 414 g/mol. The van der Waals surface area contributed by atoms with Gasteiger partial charge >= 0.3 is 0 Å². The van der Waals surface area contributed by atoms with Gasteiger partial charge in [-0.25, -0.2) is 8.93 Å². The van der Waals surface area contributed by atoms with Crippen LogP contribution in [-0.4, -0.2) is 47.2 Å². The molecule has 1 N–H and O–H groups in total. The molecule has 0 aromatic carbocycles. The van der Waals surface area contributed by atoms with Crippen molar-refractivity contribution in [2.75, 3.05) is 26.4 Å². The fraction of sp³-hybridized carbons (Fsp3) is 0.955. The van der Waals surface area contributed by atoms with E-state index in [2.05, 4.69) is 4.72 Å². The lowest BCUT2D eigenvalue weighted by Gasteiger charge is -2.38. The summed E-state index contributed by atoms with van der Waals surface area (Å²) in [5.74, 6) is 0.359. The van der Waals surface area contributed by atoms with Crippen LogP contribution in [0.2, 0.25) is 0 Å². The van der Waals surface area contributed by atoms with Crippen molar-refractivity contribution in [3.05, 3.63) is 0 Å². The van der Waals surface area contributed by atoms with E-state index in [1.165, 1.54) is 51.4 Å². The van der Waals surface area contributed by atoms with E-state index in [0.717, 1.165) is 26.1 Å². The summed E-state index contributed by atoms with van der Waals surface area (Å²) in [5.41, 5.74) is 0.234. The molecule has 4 aliphatic rings. The van der Waals surface area contributed by atoms with Gasteiger partial charge in [-0.15, -0.1) is 0 Å². The van der Waals surface area contributed by atoms with E-state index in [-0.39, 0.29) is 21.6 Å². The molecule has 2 aliphatic carbocycles. The molecule has 0 aromatic rings. The molecule has 0 unspecified atom stereocenters. The van der Waals surface area contributed by atoms with Gasteiger partial charge in [-0.3, -0.25) is 4.79 Å². The molecule has 6 heteroatoms. The molecule has 5 nitrogen and oxygen atoms in total. The van der Waals surface area contributed by atoms with Crippen molar-refractivity contribution in [1.29, 1.82) is 0 Å². The van der Waals surface area contributed by atoms with Crippen molar-refractivity contribution in [3.63, 3.8) is 0 Å². The second-order valence-electron chi connectivity index (χ2n) is 10.2. The lowest BCUT2D eigenvalue weighted by Crippen LogP contribution is -2.49. The summed E-state index contributed by atoms with van der Waals surface area (Å²) in [7, 11) is -0.985. The van der Waals surface area contributed by atoms with Crippen molar-refractivity contribution in [2.45, 2.75) is 95.8 Å². The molecular weight excluding hydrogens is 374 g/mol. The zero-order chi connectivity index (χ0) is 20.3. The van der Waals surface area contributed by atoms with Crippen LogP contribution in [0, 0.1) is 10.8 Å². The highest BCUT2D eigenvalue weighted by atomic mass is 32.2. The maximum Gasteiger partial charge on any atom is 0.166 e. The van der Waals surface area contributed by atoms with E-state index >= 15 is 0 Å². The molecule has 2 aliphatic heterocycles. The van der Waals surface area contributed by atoms with Crippen LogP contribution in [0.5, 0.6) is 0 Å². The lowest BCUT2D eigenvalue weighted by atomic mass is 9.71. The topological polar surface area (TPSA) is 64.6 Å². The first-order chi connectivity index (χ1) is 13.3. The van der Waals surface area contributed by atoms with E-state index in [9.17, 15) is 9.00 Å². The quantitative estimate of drug-likeness (QED) is 0.745. The van der Waals surface area contributed by atoms with Gasteiger partial charge in [-0.1, -0.05) is 38.5 Å². The van der Waals surface area contributed by atoms with Gasteiger partial charge < -0.3 is 9.47 Å². The standard InChI is InChI=1S/C13H25NO2S.C9H14O2/c1-12(2,3)17(15)14-11-9-16-10-13(11)7-5-4-6-8-13;10-8-6-11-7-9(8)4-2-1-3-5-9/h11,14H,4-10H2,1-3H3;1-7H2/t11-,17-;/m1./s1. The third-order valence-electron chi connectivity index (χ3n) is 7.08. The van der Waals surface area contributed by atoms with Gasteiger partial charge in [0.2, 0.25) is 0 Å². The Hall–Kier alpha value is -0.300. The van der Waals surface area contributed by atoms with Crippen LogP contribution in [0.3, 0.4) is 0 Å². The molecule has 2 spiro atoms. The third kappa shape index (κ3) is 5.05. The fourth-order valence-corrected chi connectivity index (χ4v) is 6.03. The molecule has 162 valence electrons. The highest BCUT2D eigenvalue weighted by molar-refractivity contribution is 7.84. The van der Waals surface area contributed by atoms with E-state index in [0.29, 0.717) is 19.0 Å². The second-order valence-corrected chi connectivity index (χ2v) is 12.2. The summed E-state index contributed by atoms with van der Waals surface area (Å²) in [6.45, 7) is 8.69. The Balaban J connectivity index is 0.000000176. The predicted molar refractivity (Wildman–Crippen MR) is 113 cm³/mol. The number of hydrogen-bond donors (Lipinski definition) is 1. The molecule has 2 saturated heterocycles. The molecule has 2 atom stereocenters. The molecule has 2 saturated carbocycles. The van der Waals surface area contributed by atoms with Crippen molar-refractivity contribution in [1.82, 2.24) is 4.72 Å². The Bertz CT molecular complexity index is 559. The Morgan fingerprint density at radius 2 is 1.54 bits per heavy atom. The molecule has 0 aromatic heterocycles. The maximum atomic E-state index is 12.2. The summed E-state index contributed by atoms with van der Waals surface area (Å²) >= 11 is 0. The minimum Gasteiger partial charge on any atom is -0.379 e. The van der Waals surface area contributed by atoms with E-state index in [1.807, 2.05) is 20.8 Å². The van der Waals surface area contributed by atoms with Crippen LogP contribution in [0.25, 0.3) is 0 Å². The highest BCUT2D eigenvalue weighted by Crippen LogP contribution is 2.43. The maximum absolute atomic E-state index is 12.2. The van der Waals surface area contributed by atoms with Gasteiger partial charge in [0, 0.05) is 5.41 Å². The summed E-state index contributed by atoms with van der Waals surface area (Å²) in [5, 5.41) is 0. The first kappa shape index (κ1) is 22.4. The van der Waals surface area contributed by atoms with Gasteiger partial charge in [-0.05, 0) is 46.5 Å². The molecule has 28 heavy (non-hydrogen) atoms.